The molecule has 6 aliphatic rings. The Kier molecular flexibility index (Phi) is 11.5. The first kappa shape index (κ1) is 42.3. The number of nitrogens with zero attached hydrogens (tertiary/aromatic N) is 1. The molecule has 16 nitrogen and oxygen atoms in total. The molecule has 0 saturated carbocycles. The highest BCUT2D eigenvalue weighted by molar-refractivity contribution is 6.32. The number of aliphatic hydroxyl groups is 2. The van der Waals surface area contributed by atoms with Crippen molar-refractivity contribution in [3.63, 3.8) is 0 Å². The van der Waals surface area contributed by atoms with Crippen molar-refractivity contribution in [1.29, 1.82) is 0 Å². The number of phenols is 1. The number of allylic oxidation sites excluding steroid dienone is 3. The van der Waals surface area contributed by atoms with E-state index in [-0.39, 0.29) is 62.4 Å². The van der Waals surface area contributed by atoms with Gasteiger partial charge in [0, 0.05) is 23.8 Å². The van der Waals surface area contributed by atoms with E-state index in [4.69, 9.17) is 50.5 Å². The third-order valence-electron chi connectivity index (χ3n) is 10.5. The van der Waals surface area contributed by atoms with Gasteiger partial charge in [-0.3, -0.25) is 9.59 Å². The number of hydrogen-bond acceptors (Lipinski definition) is 15. The summed E-state index contributed by atoms with van der Waals surface area (Å²) >= 11 is 6.70. The van der Waals surface area contributed by atoms with Crippen molar-refractivity contribution in [2.24, 2.45) is 5.73 Å². The number of carbonyl (C=O) groups is 3. The lowest BCUT2D eigenvalue weighted by molar-refractivity contribution is -0.329. The van der Waals surface area contributed by atoms with Gasteiger partial charge in [0.2, 0.25) is 0 Å². The molecule has 60 heavy (non-hydrogen) atoms. The predicted molar refractivity (Wildman–Crippen MR) is 214 cm³/mol. The van der Waals surface area contributed by atoms with Crippen LogP contribution in [-0.4, -0.2) is 114 Å². The SMILES string of the molecule is C=C1Oc2cc(OC)cc(C(=O)OC3COC(=O)C[C@H](N)c4cc(O)c(c(Cl)c4)O[C@@H]4C#C/C=C/3C#CC3=CC=CC34O[C@@H]3OC(C)(C)[C@@H](N(C)C)[C@@H](O)[C@H]3O)c2NC1=O. The summed E-state index contributed by atoms with van der Waals surface area (Å²) in [6.07, 6.45) is -1.46. The van der Waals surface area contributed by atoms with Crippen molar-refractivity contribution in [1.82, 2.24) is 4.90 Å². The van der Waals surface area contributed by atoms with Crippen molar-refractivity contribution in [3.8, 4) is 46.7 Å². The van der Waals surface area contributed by atoms with Crippen molar-refractivity contribution < 1.29 is 62.9 Å². The van der Waals surface area contributed by atoms with Crippen LogP contribution in [0.2, 0.25) is 5.02 Å². The van der Waals surface area contributed by atoms with Crippen LogP contribution in [0.4, 0.5) is 5.69 Å². The standard InChI is InChI=1S/C43H42ClN3O13/c1-21-39(52)46-34-26(17-25(54-6)18-30(34)56-21)40(53)57-31-20-55-33(49)19-28(45)23-15-27(44)37(29(48)16-23)58-32-11-7-9-22(31)12-13-24-10-8-14-43(24,32)60-41-36(51)35(50)38(47(4)5)42(2,3)59-41/h8-10,14-18,28,31-32,35-36,38,41,48,50-51H,1,19-20,45H2,2-6H3,(H,46,52)/b22-9+/t28-,31?,32+,35-,36+,38-,41-,43?/m0/s1. The van der Waals surface area contributed by atoms with Gasteiger partial charge in [-0.25, -0.2) is 4.79 Å². The fourth-order valence-electron chi connectivity index (χ4n) is 7.61. The molecule has 0 radical (unpaired) electrons. The third kappa shape index (κ3) is 7.94. The normalized spacial score (nSPS) is 29.9. The molecule has 4 aliphatic heterocycles. The van der Waals surface area contributed by atoms with Gasteiger partial charge in [0.15, 0.2) is 47.1 Å². The van der Waals surface area contributed by atoms with Gasteiger partial charge < -0.3 is 64.4 Å². The second-order valence-electron chi connectivity index (χ2n) is 15.2. The second-order valence-corrected chi connectivity index (χ2v) is 15.6. The Bertz CT molecular complexity index is 2360. The Balaban J connectivity index is 1.34. The average molecular weight is 844 g/mol. The van der Waals surface area contributed by atoms with E-state index in [2.05, 4.69) is 35.6 Å². The van der Waals surface area contributed by atoms with Gasteiger partial charge in [-0.1, -0.05) is 42.0 Å². The minimum Gasteiger partial charge on any atom is -0.504 e. The van der Waals surface area contributed by atoms with Crippen LogP contribution in [-0.2, 0) is 28.5 Å². The molecule has 314 valence electrons. The number of carbonyl (C=O) groups excluding carboxylic acids is 3. The first-order valence-electron chi connectivity index (χ1n) is 18.6. The summed E-state index contributed by atoms with van der Waals surface area (Å²) in [6.45, 7) is 6.50. The van der Waals surface area contributed by atoms with Crippen molar-refractivity contribution in [2.45, 2.75) is 74.3 Å². The van der Waals surface area contributed by atoms with Gasteiger partial charge in [0.05, 0.1) is 47.0 Å². The lowest BCUT2D eigenvalue weighted by Crippen LogP contribution is -2.68. The number of benzene rings is 2. The van der Waals surface area contributed by atoms with Crippen LogP contribution >= 0.6 is 11.6 Å². The molecule has 6 N–H and O–H groups in total. The molecule has 2 aromatic rings. The van der Waals surface area contributed by atoms with Crippen molar-refractivity contribution in [3.05, 3.63) is 88.2 Å². The van der Waals surface area contributed by atoms with Crippen molar-refractivity contribution >= 4 is 35.1 Å². The number of amides is 1. The molecule has 4 heterocycles. The maximum absolute atomic E-state index is 14.1. The van der Waals surface area contributed by atoms with E-state index in [1.54, 1.807) is 51.1 Å². The molecule has 2 unspecified atom stereocenters. The Morgan fingerprint density at radius 1 is 1.13 bits per heavy atom. The van der Waals surface area contributed by atoms with E-state index in [9.17, 15) is 29.7 Å². The summed E-state index contributed by atoms with van der Waals surface area (Å²) in [7, 11) is 4.87. The van der Waals surface area contributed by atoms with Gasteiger partial charge in [-0.05, 0) is 69.8 Å². The average Bonchev–Trinajstić information content (AvgIpc) is 3.60. The van der Waals surface area contributed by atoms with Crippen molar-refractivity contribution in [2.75, 3.05) is 33.1 Å². The topological polar surface area (TPSA) is 218 Å². The second kappa shape index (κ2) is 16.3. The molecule has 0 spiro atoms. The molecule has 1 amide bonds. The predicted octanol–water partition coefficient (Wildman–Crippen LogP) is 2.80. The summed E-state index contributed by atoms with van der Waals surface area (Å²) in [6, 6.07) is 3.83. The van der Waals surface area contributed by atoms with Gasteiger partial charge in [-0.2, -0.15) is 0 Å². The van der Waals surface area contributed by atoms with Crippen LogP contribution in [0.5, 0.6) is 23.0 Å². The number of aromatic hydroxyl groups is 1. The molecular formula is C43H42ClN3O13. The van der Waals surface area contributed by atoms with Crippen LogP contribution in [0.15, 0.2) is 72.1 Å². The number of nitrogens with one attached hydrogen (secondary N) is 1. The first-order chi connectivity index (χ1) is 28.4. The first-order valence-corrected chi connectivity index (χ1v) is 19.0. The largest absolute Gasteiger partial charge is 0.504 e. The molecule has 8 atom stereocenters. The number of hydrogen-bond donors (Lipinski definition) is 5. The summed E-state index contributed by atoms with van der Waals surface area (Å²) < 4.78 is 41.9. The zero-order valence-corrected chi connectivity index (χ0v) is 33.9. The number of methoxy groups -OCH3 is 1. The number of phenolic OH excluding ortho intramolecular Hbond substituents is 1. The van der Waals surface area contributed by atoms with Crippen LogP contribution in [0.1, 0.15) is 42.2 Å². The highest BCUT2D eigenvalue weighted by atomic mass is 35.5. The zero-order valence-electron chi connectivity index (χ0n) is 33.1. The number of rotatable bonds is 6. The number of fused-ring (bicyclic) bond motifs is 9. The molecule has 17 heteroatoms. The molecule has 2 aromatic carbocycles. The molecule has 2 aliphatic carbocycles. The van der Waals surface area contributed by atoms with Gasteiger partial charge in [-0.15, -0.1) is 0 Å². The van der Waals surface area contributed by atoms with Gasteiger partial charge in [0.25, 0.3) is 5.91 Å². The van der Waals surface area contributed by atoms with E-state index in [0.717, 1.165) is 0 Å². The molecule has 1 saturated heterocycles. The number of halogens is 1. The van der Waals surface area contributed by atoms with E-state index < -0.39 is 84.2 Å². The summed E-state index contributed by atoms with van der Waals surface area (Å²) in [5, 5.41) is 36.6. The Morgan fingerprint density at radius 2 is 1.90 bits per heavy atom. The highest BCUT2D eigenvalue weighted by Gasteiger charge is 2.55. The third-order valence-corrected chi connectivity index (χ3v) is 10.8. The molecule has 1 fully saturated rings. The Morgan fingerprint density at radius 3 is 2.62 bits per heavy atom. The van der Waals surface area contributed by atoms with Gasteiger partial charge in [0.1, 0.15) is 24.6 Å². The van der Waals surface area contributed by atoms with E-state index >= 15 is 0 Å². The maximum atomic E-state index is 14.1. The van der Waals surface area contributed by atoms with Crippen LogP contribution in [0.25, 0.3) is 0 Å². The van der Waals surface area contributed by atoms with E-state index in [1.807, 2.05) is 0 Å². The minimum absolute atomic E-state index is 0.0160. The fraction of sp³-hybridized carbons (Fsp3) is 0.372. The number of aliphatic hydroxyl groups excluding tert-OH is 2. The van der Waals surface area contributed by atoms with Gasteiger partial charge >= 0.3 is 11.9 Å². The monoisotopic (exact) mass is 843 g/mol. The molecule has 8 rings (SSSR count). The zero-order chi connectivity index (χ0) is 43.3. The smallest absolute Gasteiger partial charge is 0.341 e. The van der Waals surface area contributed by atoms with E-state index in [0.29, 0.717) is 0 Å². The lowest BCUT2D eigenvalue weighted by atomic mass is 9.85. The fourth-order valence-corrected chi connectivity index (χ4v) is 7.88. The lowest BCUT2D eigenvalue weighted by Gasteiger charge is -2.51. The number of anilines is 1. The molecular weight excluding hydrogens is 802 g/mol. The van der Waals surface area contributed by atoms with Crippen LogP contribution in [0, 0.1) is 23.7 Å². The molecule has 0 aromatic heterocycles. The number of likely N-dealkylation sites (N-methyl/N-ethyl adjacent to an activating group) is 1. The minimum atomic E-state index is -1.80. The van der Waals surface area contributed by atoms with E-state index in [1.165, 1.54) is 37.5 Å². The highest BCUT2D eigenvalue weighted by Crippen LogP contribution is 2.44. The summed E-state index contributed by atoms with van der Waals surface area (Å²) in [5.41, 5.74) is 3.86. The number of esters is 2. The quantitative estimate of drug-likeness (QED) is 0.161. The summed E-state index contributed by atoms with van der Waals surface area (Å²) in [5.74, 6) is 8.83. The van der Waals surface area contributed by atoms with Crippen LogP contribution in [0.3, 0.4) is 0 Å². The summed E-state index contributed by atoms with van der Waals surface area (Å²) in [4.78, 5) is 41.6. The Labute approximate surface area is 350 Å². The number of nitrogens with two attached hydrogens (primary N) is 1. The molecule has 4 bridgehead atoms. The van der Waals surface area contributed by atoms with Crippen LogP contribution < -0.4 is 25.3 Å². The Hall–Kier alpha value is -5.82. The number of ether oxygens (including phenoxy) is 7. The maximum Gasteiger partial charge on any atom is 0.341 e.